The molecule has 0 fully saturated rings. The summed E-state index contributed by atoms with van der Waals surface area (Å²) in [5.74, 6) is -0.167. The van der Waals surface area contributed by atoms with Crippen molar-refractivity contribution in [2.45, 2.75) is 6.42 Å². The minimum Gasteiger partial charge on any atom is -0.326 e. The van der Waals surface area contributed by atoms with Gasteiger partial charge in [-0.25, -0.2) is 4.79 Å². The normalized spacial score (nSPS) is 9.65. The molecule has 1 amide bonds. The van der Waals surface area contributed by atoms with E-state index in [1.807, 2.05) is 30.3 Å². The average molecular weight is 287 g/mol. The van der Waals surface area contributed by atoms with Gasteiger partial charge in [0, 0.05) is 10.7 Å². The Morgan fingerprint density at radius 3 is 2.65 bits per heavy atom. The lowest BCUT2D eigenvalue weighted by atomic mass is 10.1. The first kappa shape index (κ1) is 14.0. The zero-order valence-electron chi connectivity index (χ0n) is 10.5. The van der Waals surface area contributed by atoms with Crippen LogP contribution in [-0.4, -0.2) is 12.0 Å². The Morgan fingerprint density at radius 1 is 1.20 bits per heavy atom. The highest BCUT2D eigenvalue weighted by Gasteiger charge is 2.05. The lowest BCUT2D eigenvalue weighted by Gasteiger charge is -2.06. The average Bonchev–Trinajstić information content (AvgIpc) is 2.39. The lowest BCUT2D eigenvalue weighted by molar-refractivity contribution is -0.115. The maximum atomic E-state index is 11.9. The summed E-state index contributed by atoms with van der Waals surface area (Å²) in [6.07, 6.45) is 1.70. The molecule has 2 aromatic carbocycles. The number of carbonyl (C=O) groups is 1. The van der Waals surface area contributed by atoms with Gasteiger partial charge in [0.1, 0.15) is 0 Å². The first-order valence-electron chi connectivity index (χ1n) is 5.89. The number of hydrogen-bond acceptors (Lipinski definition) is 3. The molecule has 4 nitrogen and oxygen atoms in total. The largest absolute Gasteiger partial charge is 0.326 e. The van der Waals surface area contributed by atoms with Gasteiger partial charge >= 0.3 is 0 Å². The summed E-state index contributed by atoms with van der Waals surface area (Å²) in [4.78, 5) is 25.6. The first-order valence-corrected chi connectivity index (χ1v) is 6.27. The summed E-state index contributed by atoms with van der Waals surface area (Å²) in [7, 11) is 0. The summed E-state index contributed by atoms with van der Waals surface area (Å²) in [5.41, 5.74) is 1.76. The van der Waals surface area contributed by atoms with Crippen LogP contribution >= 0.6 is 11.6 Å². The number of benzene rings is 2. The van der Waals surface area contributed by atoms with E-state index < -0.39 is 0 Å². The standard InChI is InChI=1S/C15H11ClN2O2/c16-12-7-13(17-10-19)9-14(8-12)18-15(20)6-11-4-2-1-3-5-11/h1-5,7-9H,6H2,(H,18,20). The van der Waals surface area contributed by atoms with Crippen LogP contribution in [0.4, 0.5) is 11.4 Å². The van der Waals surface area contributed by atoms with Crippen LogP contribution in [0.3, 0.4) is 0 Å². The number of anilines is 1. The fourth-order valence-electron chi connectivity index (χ4n) is 1.75. The van der Waals surface area contributed by atoms with Gasteiger partial charge in [0.15, 0.2) is 0 Å². The van der Waals surface area contributed by atoms with Crippen molar-refractivity contribution >= 4 is 35.0 Å². The third-order valence-corrected chi connectivity index (χ3v) is 2.77. The molecule has 0 heterocycles. The molecule has 0 aliphatic rings. The Hall–Kier alpha value is -2.42. The van der Waals surface area contributed by atoms with E-state index in [2.05, 4.69) is 10.3 Å². The van der Waals surface area contributed by atoms with Gasteiger partial charge in [-0.1, -0.05) is 41.9 Å². The second-order valence-electron chi connectivity index (χ2n) is 4.11. The van der Waals surface area contributed by atoms with Crippen molar-refractivity contribution < 1.29 is 9.59 Å². The van der Waals surface area contributed by atoms with Crippen LogP contribution in [0.25, 0.3) is 0 Å². The second kappa shape index (κ2) is 6.66. The third kappa shape index (κ3) is 4.05. The molecule has 0 bridgehead atoms. The number of carbonyl (C=O) groups excluding carboxylic acids is 2. The number of isocyanates is 1. The molecule has 0 atom stereocenters. The molecule has 0 saturated heterocycles. The molecule has 0 unspecified atom stereocenters. The van der Waals surface area contributed by atoms with Gasteiger partial charge in [-0.15, -0.1) is 0 Å². The molecule has 5 heteroatoms. The molecule has 100 valence electrons. The van der Waals surface area contributed by atoms with Gasteiger partial charge in [0.05, 0.1) is 12.1 Å². The Balaban J connectivity index is 2.09. The molecule has 0 saturated carbocycles. The van der Waals surface area contributed by atoms with E-state index in [9.17, 15) is 9.59 Å². The Morgan fingerprint density at radius 2 is 1.95 bits per heavy atom. The summed E-state index contributed by atoms with van der Waals surface area (Å²) in [6.45, 7) is 0. The van der Waals surface area contributed by atoms with Crippen molar-refractivity contribution in [1.82, 2.24) is 0 Å². The zero-order chi connectivity index (χ0) is 14.4. The Bertz CT molecular complexity index is 665. The highest BCUT2D eigenvalue weighted by atomic mass is 35.5. The number of rotatable bonds is 4. The molecule has 0 radical (unpaired) electrons. The molecular weight excluding hydrogens is 276 g/mol. The van der Waals surface area contributed by atoms with Crippen LogP contribution in [-0.2, 0) is 16.0 Å². The minimum atomic E-state index is -0.167. The van der Waals surface area contributed by atoms with Crippen molar-refractivity contribution in [3.8, 4) is 0 Å². The van der Waals surface area contributed by atoms with Crippen molar-refractivity contribution in [2.75, 3.05) is 5.32 Å². The van der Waals surface area contributed by atoms with Crippen LogP contribution in [0.15, 0.2) is 53.5 Å². The highest BCUT2D eigenvalue weighted by Crippen LogP contribution is 2.24. The SMILES string of the molecule is O=C=Nc1cc(Cl)cc(NC(=O)Cc2ccccc2)c1. The molecular formula is C15H11ClN2O2. The van der Waals surface area contributed by atoms with Crippen molar-refractivity contribution in [3.63, 3.8) is 0 Å². The van der Waals surface area contributed by atoms with E-state index in [1.165, 1.54) is 12.1 Å². The smallest absolute Gasteiger partial charge is 0.240 e. The first-order chi connectivity index (χ1) is 9.67. The minimum absolute atomic E-state index is 0.167. The van der Waals surface area contributed by atoms with Gasteiger partial charge < -0.3 is 5.32 Å². The van der Waals surface area contributed by atoms with Crippen molar-refractivity contribution in [1.29, 1.82) is 0 Å². The van der Waals surface area contributed by atoms with E-state index in [0.29, 0.717) is 16.4 Å². The molecule has 2 aromatic rings. The predicted molar refractivity (Wildman–Crippen MR) is 78.0 cm³/mol. The Labute approximate surface area is 121 Å². The van der Waals surface area contributed by atoms with E-state index in [1.54, 1.807) is 12.1 Å². The second-order valence-corrected chi connectivity index (χ2v) is 4.55. The zero-order valence-corrected chi connectivity index (χ0v) is 11.2. The van der Waals surface area contributed by atoms with Crippen LogP contribution in [0.1, 0.15) is 5.56 Å². The van der Waals surface area contributed by atoms with Crippen LogP contribution < -0.4 is 5.32 Å². The molecule has 1 N–H and O–H groups in total. The van der Waals surface area contributed by atoms with Crippen LogP contribution in [0.5, 0.6) is 0 Å². The number of hydrogen-bond donors (Lipinski definition) is 1. The molecule has 20 heavy (non-hydrogen) atoms. The number of nitrogens with zero attached hydrogens (tertiary/aromatic N) is 1. The lowest BCUT2D eigenvalue weighted by Crippen LogP contribution is -2.14. The van der Waals surface area contributed by atoms with Gasteiger partial charge in [-0.2, -0.15) is 4.99 Å². The maximum Gasteiger partial charge on any atom is 0.240 e. The van der Waals surface area contributed by atoms with E-state index in [-0.39, 0.29) is 12.3 Å². The topological polar surface area (TPSA) is 58.5 Å². The molecule has 0 aromatic heterocycles. The van der Waals surface area contributed by atoms with Gasteiger partial charge in [0.25, 0.3) is 0 Å². The van der Waals surface area contributed by atoms with E-state index >= 15 is 0 Å². The number of nitrogens with one attached hydrogen (secondary N) is 1. The van der Waals surface area contributed by atoms with E-state index in [0.717, 1.165) is 5.56 Å². The summed E-state index contributed by atoms with van der Waals surface area (Å²) < 4.78 is 0. The molecule has 0 spiro atoms. The fourth-order valence-corrected chi connectivity index (χ4v) is 1.98. The van der Waals surface area contributed by atoms with E-state index in [4.69, 9.17) is 11.6 Å². The molecule has 2 rings (SSSR count). The maximum absolute atomic E-state index is 11.9. The highest BCUT2D eigenvalue weighted by molar-refractivity contribution is 6.31. The quantitative estimate of drug-likeness (QED) is 0.691. The molecule has 0 aliphatic carbocycles. The monoisotopic (exact) mass is 286 g/mol. The number of aliphatic imine (C=N–C) groups is 1. The molecule has 0 aliphatic heterocycles. The Kier molecular flexibility index (Phi) is 4.66. The van der Waals surface area contributed by atoms with Gasteiger partial charge in [0.2, 0.25) is 12.0 Å². The van der Waals surface area contributed by atoms with Crippen molar-refractivity contribution in [2.24, 2.45) is 4.99 Å². The van der Waals surface area contributed by atoms with Gasteiger partial charge in [-0.05, 0) is 23.8 Å². The van der Waals surface area contributed by atoms with Gasteiger partial charge in [-0.3, -0.25) is 4.79 Å². The summed E-state index contributed by atoms with van der Waals surface area (Å²) in [6, 6.07) is 14.0. The van der Waals surface area contributed by atoms with Crippen LogP contribution in [0.2, 0.25) is 5.02 Å². The van der Waals surface area contributed by atoms with Crippen molar-refractivity contribution in [3.05, 3.63) is 59.1 Å². The predicted octanol–water partition coefficient (Wildman–Crippen LogP) is 3.49. The fraction of sp³-hybridized carbons (Fsp3) is 0.0667. The number of amides is 1. The number of halogens is 1. The summed E-state index contributed by atoms with van der Waals surface area (Å²) in [5, 5.41) is 3.10. The van der Waals surface area contributed by atoms with Crippen LogP contribution in [0, 0.1) is 0 Å². The third-order valence-electron chi connectivity index (χ3n) is 2.55. The summed E-state index contributed by atoms with van der Waals surface area (Å²) >= 11 is 5.89.